The summed E-state index contributed by atoms with van der Waals surface area (Å²) in [5.41, 5.74) is 2.71. The van der Waals surface area contributed by atoms with Gasteiger partial charge in [0.05, 0.1) is 5.69 Å². The Morgan fingerprint density at radius 2 is 2.00 bits per heavy atom. The zero-order chi connectivity index (χ0) is 20.4. The summed E-state index contributed by atoms with van der Waals surface area (Å²) < 4.78 is 1.82. The van der Waals surface area contributed by atoms with E-state index in [9.17, 15) is 4.79 Å². The molecule has 4 rings (SSSR count). The van der Waals surface area contributed by atoms with Crippen LogP contribution in [0.25, 0.3) is 5.69 Å². The van der Waals surface area contributed by atoms with E-state index in [0.717, 1.165) is 29.4 Å². The first kappa shape index (κ1) is 19.6. The third-order valence-corrected chi connectivity index (χ3v) is 5.28. The Labute approximate surface area is 175 Å². The highest BCUT2D eigenvalue weighted by molar-refractivity contribution is 6.30. The average molecular weight is 410 g/mol. The standard InChI is InChI=1S/C22H24ClN5O/c1-15-3-10-20(25-11-15)27(2)22(29)21-26-18(13-24-12-16-4-5-16)14-28(21)19-8-6-17(23)7-9-19/h3,6-11,14,16,24H,4-5,12-13H2,1-2H3. The highest BCUT2D eigenvalue weighted by atomic mass is 35.5. The van der Waals surface area contributed by atoms with Gasteiger partial charge in [0.2, 0.25) is 5.82 Å². The fraction of sp³-hybridized carbons (Fsp3) is 0.318. The van der Waals surface area contributed by atoms with Crippen molar-refractivity contribution in [3.05, 3.63) is 70.9 Å². The van der Waals surface area contributed by atoms with Crippen LogP contribution in [0.2, 0.25) is 5.02 Å². The maximum atomic E-state index is 13.3. The Hall–Kier alpha value is -2.70. The lowest BCUT2D eigenvalue weighted by Crippen LogP contribution is -2.29. The van der Waals surface area contributed by atoms with Gasteiger partial charge in [-0.1, -0.05) is 17.7 Å². The molecule has 1 N–H and O–H groups in total. The molecule has 7 heteroatoms. The van der Waals surface area contributed by atoms with Crippen molar-refractivity contribution in [3.63, 3.8) is 0 Å². The smallest absolute Gasteiger partial charge is 0.295 e. The van der Waals surface area contributed by atoms with E-state index >= 15 is 0 Å². The molecule has 2 aromatic heterocycles. The first-order chi connectivity index (χ1) is 14.0. The first-order valence-corrected chi connectivity index (χ1v) is 10.1. The number of aromatic nitrogens is 3. The van der Waals surface area contributed by atoms with Gasteiger partial charge in [-0.2, -0.15) is 0 Å². The highest BCUT2D eigenvalue weighted by Gasteiger charge is 2.23. The van der Waals surface area contributed by atoms with Gasteiger partial charge in [0, 0.05) is 36.7 Å². The second-order valence-corrected chi connectivity index (χ2v) is 7.97. The number of hydrogen-bond donors (Lipinski definition) is 1. The van der Waals surface area contributed by atoms with Gasteiger partial charge in [-0.25, -0.2) is 9.97 Å². The number of pyridine rings is 1. The zero-order valence-corrected chi connectivity index (χ0v) is 17.4. The largest absolute Gasteiger partial charge is 0.311 e. The van der Waals surface area contributed by atoms with Crippen LogP contribution in [-0.4, -0.2) is 34.0 Å². The summed E-state index contributed by atoms with van der Waals surface area (Å²) in [5.74, 6) is 1.50. The third kappa shape index (κ3) is 4.66. The van der Waals surface area contributed by atoms with E-state index in [0.29, 0.717) is 23.2 Å². The number of halogens is 1. The minimum absolute atomic E-state index is 0.218. The van der Waals surface area contributed by atoms with Crippen LogP contribution < -0.4 is 10.2 Å². The van der Waals surface area contributed by atoms with Crippen molar-refractivity contribution in [1.82, 2.24) is 19.9 Å². The Kier molecular flexibility index (Phi) is 5.65. The molecule has 0 saturated heterocycles. The minimum atomic E-state index is -0.218. The van der Waals surface area contributed by atoms with Crippen molar-refractivity contribution in [2.75, 3.05) is 18.5 Å². The SMILES string of the molecule is Cc1ccc(N(C)C(=O)c2nc(CNCC3CC3)cn2-c2ccc(Cl)cc2)nc1. The molecule has 1 aromatic carbocycles. The van der Waals surface area contributed by atoms with Gasteiger partial charge in [0.15, 0.2) is 0 Å². The molecule has 0 radical (unpaired) electrons. The van der Waals surface area contributed by atoms with Crippen molar-refractivity contribution in [3.8, 4) is 5.69 Å². The molecule has 0 atom stereocenters. The number of nitrogens with one attached hydrogen (secondary N) is 1. The van der Waals surface area contributed by atoms with Crippen LogP contribution >= 0.6 is 11.6 Å². The molecular formula is C22H24ClN5O. The number of rotatable bonds is 7. The molecule has 0 aliphatic heterocycles. The number of carbonyl (C=O) groups excluding carboxylic acids is 1. The van der Waals surface area contributed by atoms with E-state index in [4.69, 9.17) is 11.6 Å². The molecule has 1 fully saturated rings. The average Bonchev–Trinajstić information content (AvgIpc) is 3.45. The number of amides is 1. The molecule has 0 unspecified atom stereocenters. The van der Waals surface area contributed by atoms with Gasteiger partial charge in [0.25, 0.3) is 5.91 Å². The number of aryl methyl sites for hydroxylation is 1. The molecule has 1 saturated carbocycles. The monoisotopic (exact) mass is 409 g/mol. The van der Waals surface area contributed by atoms with Gasteiger partial charge < -0.3 is 5.32 Å². The summed E-state index contributed by atoms with van der Waals surface area (Å²) in [4.78, 5) is 23.8. The topological polar surface area (TPSA) is 63.1 Å². The maximum absolute atomic E-state index is 13.3. The van der Waals surface area contributed by atoms with E-state index in [2.05, 4.69) is 15.3 Å². The molecule has 2 heterocycles. The lowest BCUT2D eigenvalue weighted by Gasteiger charge is -2.16. The fourth-order valence-corrected chi connectivity index (χ4v) is 3.23. The predicted octanol–water partition coefficient (Wildman–Crippen LogP) is 4.01. The Morgan fingerprint density at radius 3 is 2.66 bits per heavy atom. The van der Waals surface area contributed by atoms with Gasteiger partial charge in [-0.05, 0) is 68.1 Å². The molecule has 1 aliphatic carbocycles. The summed E-state index contributed by atoms with van der Waals surface area (Å²) in [7, 11) is 1.71. The van der Waals surface area contributed by atoms with E-state index in [-0.39, 0.29) is 5.91 Å². The third-order valence-electron chi connectivity index (χ3n) is 5.03. The highest BCUT2D eigenvalue weighted by Crippen LogP contribution is 2.27. The summed E-state index contributed by atoms with van der Waals surface area (Å²) in [5, 5.41) is 4.08. The number of anilines is 1. The first-order valence-electron chi connectivity index (χ1n) is 9.77. The van der Waals surface area contributed by atoms with Crippen LogP contribution in [0.1, 0.15) is 34.7 Å². The summed E-state index contributed by atoms with van der Waals surface area (Å²) in [6.45, 7) is 3.58. The Balaban J connectivity index is 1.63. The second-order valence-electron chi connectivity index (χ2n) is 7.53. The molecule has 1 amide bonds. The van der Waals surface area contributed by atoms with Crippen molar-refractivity contribution in [1.29, 1.82) is 0 Å². The normalized spacial score (nSPS) is 13.5. The van der Waals surface area contributed by atoms with E-state index in [1.165, 1.54) is 17.7 Å². The van der Waals surface area contributed by atoms with Gasteiger partial charge in [0.1, 0.15) is 5.82 Å². The van der Waals surface area contributed by atoms with Gasteiger partial charge >= 0.3 is 0 Å². The lowest BCUT2D eigenvalue weighted by atomic mass is 10.3. The number of carbonyl (C=O) groups is 1. The summed E-state index contributed by atoms with van der Waals surface area (Å²) in [6, 6.07) is 11.1. The molecule has 29 heavy (non-hydrogen) atoms. The Bertz CT molecular complexity index is 993. The number of imidazole rings is 1. The quantitative estimate of drug-likeness (QED) is 0.640. The molecule has 1 aliphatic rings. The maximum Gasteiger partial charge on any atom is 0.295 e. The van der Waals surface area contributed by atoms with Crippen LogP contribution in [0.4, 0.5) is 5.82 Å². The predicted molar refractivity (Wildman–Crippen MR) is 115 cm³/mol. The molecule has 6 nitrogen and oxygen atoms in total. The van der Waals surface area contributed by atoms with E-state index in [1.807, 2.05) is 42.0 Å². The van der Waals surface area contributed by atoms with Crippen LogP contribution in [0.3, 0.4) is 0 Å². The molecule has 3 aromatic rings. The summed E-state index contributed by atoms with van der Waals surface area (Å²) in [6.07, 6.45) is 6.25. The Morgan fingerprint density at radius 1 is 1.24 bits per heavy atom. The van der Waals surface area contributed by atoms with Crippen molar-refractivity contribution in [2.45, 2.75) is 26.3 Å². The van der Waals surface area contributed by atoms with Gasteiger partial charge in [-0.3, -0.25) is 14.3 Å². The minimum Gasteiger partial charge on any atom is -0.311 e. The van der Waals surface area contributed by atoms with Crippen molar-refractivity contribution >= 4 is 23.3 Å². The number of hydrogen-bond acceptors (Lipinski definition) is 4. The van der Waals surface area contributed by atoms with Crippen LogP contribution in [0.15, 0.2) is 48.8 Å². The summed E-state index contributed by atoms with van der Waals surface area (Å²) >= 11 is 6.04. The van der Waals surface area contributed by atoms with Crippen LogP contribution in [-0.2, 0) is 6.54 Å². The van der Waals surface area contributed by atoms with Crippen molar-refractivity contribution in [2.24, 2.45) is 5.92 Å². The second kappa shape index (κ2) is 8.35. The van der Waals surface area contributed by atoms with Crippen molar-refractivity contribution < 1.29 is 4.79 Å². The van der Waals surface area contributed by atoms with Gasteiger partial charge in [-0.15, -0.1) is 0 Å². The van der Waals surface area contributed by atoms with Crippen LogP contribution in [0, 0.1) is 12.8 Å². The van der Waals surface area contributed by atoms with E-state index < -0.39 is 0 Å². The fourth-order valence-electron chi connectivity index (χ4n) is 3.10. The number of nitrogens with zero attached hydrogens (tertiary/aromatic N) is 4. The molecular weight excluding hydrogens is 386 g/mol. The molecule has 0 bridgehead atoms. The van der Waals surface area contributed by atoms with E-state index in [1.54, 1.807) is 25.4 Å². The zero-order valence-electron chi connectivity index (χ0n) is 16.6. The number of benzene rings is 1. The molecule has 0 spiro atoms. The van der Waals surface area contributed by atoms with Crippen LogP contribution in [0.5, 0.6) is 0 Å². The lowest BCUT2D eigenvalue weighted by molar-refractivity contribution is 0.0980. The molecule has 150 valence electrons.